The summed E-state index contributed by atoms with van der Waals surface area (Å²) in [4.78, 5) is 16.4. The molecule has 0 radical (unpaired) electrons. The van der Waals surface area contributed by atoms with Crippen LogP contribution in [0, 0.1) is 0 Å². The Morgan fingerprint density at radius 1 is 1.38 bits per heavy atom. The molecule has 2 saturated heterocycles. The predicted octanol–water partition coefficient (Wildman–Crippen LogP) is -1.29. The minimum Gasteiger partial charge on any atom is -0.351 e. The van der Waals surface area contributed by atoms with Crippen molar-refractivity contribution in [3.63, 3.8) is 0 Å². The lowest BCUT2D eigenvalue weighted by molar-refractivity contribution is -0.127. The molecular formula is C11H22N4O. The minimum absolute atomic E-state index is 0.000318. The molecule has 0 aromatic heterocycles. The number of amides is 1. The van der Waals surface area contributed by atoms with Gasteiger partial charge in [-0.25, -0.2) is 0 Å². The third-order valence-electron chi connectivity index (χ3n) is 3.55. The van der Waals surface area contributed by atoms with Crippen molar-refractivity contribution in [1.29, 1.82) is 0 Å². The summed E-state index contributed by atoms with van der Waals surface area (Å²) in [6.07, 6.45) is 1.08. The summed E-state index contributed by atoms with van der Waals surface area (Å²) in [5.41, 5.74) is 0. The van der Waals surface area contributed by atoms with Gasteiger partial charge in [-0.05, 0) is 27.1 Å². The van der Waals surface area contributed by atoms with Crippen molar-refractivity contribution in [3.8, 4) is 0 Å². The van der Waals surface area contributed by atoms with Gasteiger partial charge in [-0.2, -0.15) is 0 Å². The Labute approximate surface area is 97.2 Å². The third kappa shape index (κ3) is 2.72. The number of likely N-dealkylation sites (tertiary alicyclic amines) is 1. The molecule has 0 bridgehead atoms. The van der Waals surface area contributed by atoms with E-state index >= 15 is 0 Å². The molecule has 16 heavy (non-hydrogen) atoms. The topological polar surface area (TPSA) is 47.6 Å². The molecule has 0 aromatic carbocycles. The number of carbonyl (C=O) groups excluding carboxylic acids is 1. The standard InChI is InChI=1S/C11H22N4O/c1-14-5-3-9(8-14)13-11(16)10-7-12-4-6-15(10)2/h9-10,12H,3-8H2,1-2H3,(H,13,16). The molecule has 5 nitrogen and oxygen atoms in total. The highest BCUT2D eigenvalue weighted by Crippen LogP contribution is 2.07. The van der Waals surface area contributed by atoms with E-state index in [-0.39, 0.29) is 11.9 Å². The van der Waals surface area contributed by atoms with Crippen LogP contribution in [0.3, 0.4) is 0 Å². The molecule has 92 valence electrons. The maximum absolute atomic E-state index is 12.1. The molecule has 2 N–H and O–H groups in total. The normalized spacial score (nSPS) is 32.9. The summed E-state index contributed by atoms with van der Waals surface area (Å²) in [7, 11) is 4.12. The molecule has 0 aliphatic carbocycles. The maximum atomic E-state index is 12.1. The highest BCUT2D eigenvalue weighted by atomic mass is 16.2. The van der Waals surface area contributed by atoms with Crippen LogP contribution < -0.4 is 10.6 Å². The lowest BCUT2D eigenvalue weighted by atomic mass is 10.1. The number of nitrogens with one attached hydrogen (secondary N) is 2. The summed E-state index contributed by atoms with van der Waals surface area (Å²) < 4.78 is 0. The van der Waals surface area contributed by atoms with Crippen molar-refractivity contribution in [2.45, 2.75) is 18.5 Å². The van der Waals surface area contributed by atoms with E-state index in [1.807, 2.05) is 7.05 Å². The molecule has 0 spiro atoms. The molecule has 2 aliphatic heterocycles. The van der Waals surface area contributed by atoms with Crippen LogP contribution in [0.25, 0.3) is 0 Å². The summed E-state index contributed by atoms with van der Waals surface area (Å²) in [6, 6.07) is 0.340. The van der Waals surface area contributed by atoms with Gasteiger partial charge in [-0.15, -0.1) is 0 Å². The first-order valence-corrected chi connectivity index (χ1v) is 6.06. The number of nitrogens with zero attached hydrogens (tertiary/aromatic N) is 2. The molecule has 0 aromatic rings. The van der Waals surface area contributed by atoms with E-state index in [0.29, 0.717) is 6.04 Å². The van der Waals surface area contributed by atoms with Crippen molar-refractivity contribution in [2.75, 3.05) is 46.8 Å². The Balaban J connectivity index is 1.82. The van der Waals surface area contributed by atoms with Crippen LogP contribution in [0.5, 0.6) is 0 Å². The summed E-state index contributed by atoms with van der Waals surface area (Å²) in [6.45, 7) is 4.76. The number of hydrogen-bond donors (Lipinski definition) is 2. The Kier molecular flexibility index (Phi) is 3.78. The van der Waals surface area contributed by atoms with Crippen LogP contribution in [0.2, 0.25) is 0 Å². The van der Waals surface area contributed by atoms with Crippen molar-refractivity contribution in [3.05, 3.63) is 0 Å². The van der Waals surface area contributed by atoms with Crippen LogP contribution in [0.1, 0.15) is 6.42 Å². The summed E-state index contributed by atoms with van der Waals surface area (Å²) in [5.74, 6) is 0.176. The van der Waals surface area contributed by atoms with Crippen LogP contribution in [0.4, 0.5) is 0 Å². The monoisotopic (exact) mass is 226 g/mol. The Morgan fingerprint density at radius 2 is 2.19 bits per heavy atom. The largest absolute Gasteiger partial charge is 0.351 e. The lowest BCUT2D eigenvalue weighted by Crippen LogP contribution is -2.57. The van der Waals surface area contributed by atoms with E-state index < -0.39 is 0 Å². The van der Waals surface area contributed by atoms with Gasteiger partial charge in [0.25, 0.3) is 0 Å². The predicted molar refractivity (Wildman–Crippen MR) is 63.3 cm³/mol. The van der Waals surface area contributed by atoms with Gasteiger partial charge in [-0.1, -0.05) is 0 Å². The fraction of sp³-hybridized carbons (Fsp3) is 0.909. The van der Waals surface area contributed by atoms with Gasteiger partial charge in [0.05, 0.1) is 0 Å². The van der Waals surface area contributed by atoms with Gasteiger partial charge in [0.15, 0.2) is 0 Å². The van der Waals surface area contributed by atoms with Crippen LogP contribution in [-0.4, -0.2) is 74.6 Å². The van der Waals surface area contributed by atoms with E-state index in [1.54, 1.807) is 0 Å². The fourth-order valence-electron chi connectivity index (χ4n) is 2.45. The number of carbonyl (C=O) groups is 1. The quantitative estimate of drug-likeness (QED) is 0.615. The molecule has 2 aliphatic rings. The highest BCUT2D eigenvalue weighted by molar-refractivity contribution is 5.82. The van der Waals surface area contributed by atoms with E-state index in [9.17, 15) is 4.79 Å². The lowest BCUT2D eigenvalue weighted by Gasteiger charge is -2.32. The average Bonchev–Trinajstić information content (AvgIpc) is 2.64. The number of rotatable bonds is 2. The molecule has 5 heteroatoms. The zero-order valence-corrected chi connectivity index (χ0v) is 10.2. The first-order valence-electron chi connectivity index (χ1n) is 6.06. The third-order valence-corrected chi connectivity index (χ3v) is 3.55. The molecule has 0 saturated carbocycles. The molecule has 2 fully saturated rings. The summed E-state index contributed by atoms with van der Waals surface area (Å²) in [5, 5.41) is 6.41. The molecule has 2 atom stereocenters. The Hall–Kier alpha value is -0.650. The zero-order valence-electron chi connectivity index (χ0n) is 10.2. The van der Waals surface area contributed by atoms with Crippen molar-refractivity contribution in [2.24, 2.45) is 0 Å². The van der Waals surface area contributed by atoms with E-state index in [4.69, 9.17) is 0 Å². The van der Waals surface area contributed by atoms with Crippen molar-refractivity contribution >= 4 is 5.91 Å². The first-order chi connectivity index (χ1) is 7.66. The van der Waals surface area contributed by atoms with E-state index in [1.165, 1.54) is 0 Å². The highest BCUT2D eigenvalue weighted by Gasteiger charge is 2.29. The molecule has 1 amide bonds. The average molecular weight is 226 g/mol. The Bertz CT molecular complexity index is 258. The second kappa shape index (κ2) is 5.12. The van der Waals surface area contributed by atoms with Gasteiger partial charge in [0, 0.05) is 32.2 Å². The van der Waals surface area contributed by atoms with Crippen molar-refractivity contribution < 1.29 is 4.79 Å². The van der Waals surface area contributed by atoms with Gasteiger partial charge in [0.2, 0.25) is 5.91 Å². The maximum Gasteiger partial charge on any atom is 0.238 e. The molecule has 2 heterocycles. The van der Waals surface area contributed by atoms with E-state index in [0.717, 1.165) is 39.1 Å². The van der Waals surface area contributed by atoms with E-state index in [2.05, 4.69) is 27.5 Å². The van der Waals surface area contributed by atoms with Crippen LogP contribution >= 0.6 is 0 Å². The van der Waals surface area contributed by atoms with Gasteiger partial charge < -0.3 is 15.5 Å². The minimum atomic E-state index is -0.000318. The second-order valence-electron chi connectivity index (χ2n) is 4.96. The zero-order chi connectivity index (χ0) is 11.5. The first kappa shape index (κ1) is 11.8. The SMILES string of the molecule is CN1CCC(NC(=O)C2CNCCN2C)C1. The van der Waals surface area contributed by atoms with Crippen molar-refractivity contribution in [1.82, 2.24) is 20.4 Å². The fourth-order valence-corrected chi connectivity index (χ4v) is 2.45. The van der Waals surface area contributed by atoms with Crippen LogP contribution in [-0.2, 0) is 4.79 Å². The second-order valence-corrected chi connectivity index (χ2v) is 4.96. The Morgan fingerprint density at radius 3 is 2.81 bits per heavy atom. The van der Waals surface area contributed by atoms with Gasteiger partial charge in [0.1, 0.15) is 6.04 Å². The number of piperazine rings is 1. The summed E-state index contributed by atoms with van der Waals surface area (Å²) >= 11 is 0. The smallest absolute Gasteiger partial charge is 0.238 e. The molecule has 2 unspecified atom stereocenters. The number of likely N-dealkylation sites (N-methyl/N-ethyl adjacent to an activating group) is 2. The number of hydrogen-bond acceptors (Lipinski definition) is 4. The van der Waals surface area contributed by atoms with Crippen LogP contribution in [0.15, 0.2) is 0 Å². The molecule has 2 rings (SSSR count). The van der Waals surface area contributed by atoms with Gasteiger partial charge in [-0.3, -0.25) is 9.69 Å². The molecular weight excluding hydrogens is 204 g/mol. The van der Waals surface area contributed by atoms with Gasteiger partial charge >= 0.3 is 0 Å².